The first-order valence-corrected chi connectivity index (χ1v) is 12.1. The summed E-state index contributed by atoms with van der Waals surface area (Å²) in [5, 5.41) is 13.2. The van der Waals surface area contributed by atoms with Crippen molar-refractivity contribution in [1.29, 1.82) is 0 Å². The Balaban J connectivity index is 1.31. The first-order chi connectivity index (χ1) is 14.8. The second-order valence-corrected chi connectivity index (χ2v) is 9.38. The van der Waals surface area contributed by atoms with Gasteiger partial charge in [-0.3, -0.25) is 4.57 Å². The third-order valence-corrected chi connectivity index (χ3v) is 7.40. The summed E-state index contributed by atoms with van der Waals surface area (Å²) in [5.41, 5.74) is 2.09. The first kappa shape index (κ1) is 19.7. The van der Waals surface area contributed by atoms with Crippen LogP contribution in [0.25, 0.3) is 10.6 Å². The number of nitrogens with zero attached hydrogens (tertiary/aromatic N) is 5. The summed E-state index contributed by atoms with van der Waals surface area (Å²) < 4.78 is 13.1. The quantitative estimate of drug-likeness (QED) is 0.470. The molecule has 5 rings (SSSR count). The van der Waals surface area contributed by atoms with Crippen molar-refractivity contribution >= 4 is 29.0 Å². The molecule has 1 aliphatic heterocycles. The van der Waals surface area contributed by atoms with Crippen molar-refractivity contribution in [2.45, 2.75) is 42.6 Å². The lowest BCUT2D eigenvalue weighted by atomic mass is 10.2. The molecule has 9 heteroatoms. The number of benzene rings is 1. The number of aromatic nitrogens is 4. The predicted octanol–water partition coefficient (Wildman–Crippen LogP) is 4.65. The minimum absolute atomic E-state index is 0.566. The highest BCUT2D eigenvalue weighted by Gasteiger charge is 2.32. The minimum Gasteiger partial charge on any atom is -0.493 e. The van der Waals surface area contributed by atoms with Crippen molar-refractivity contribution in [2.24, 2.45) is 0 Å². The number of methoxy groups -OCH3 is 2. The van der Waals surface area contributed by atoms with Gasteiger partial charge in [-0.25, -0.2) is 4.98 Å². The molecule has 0 spiro atoms. The molecule has 1 aliphatic carbocycles. The van der Waals surface area contributed by atoms with E-state index in [1.165, 1.54) is 25.7 Å². The molecule has 30 heavy (non-hydrogen) atoms. The van der Waals surface area contributed by atoms with Crippen molar-refractivity contribution < 1.29 is 9.47 Å². The Kier molecular flexibility index (Phi) is 5.56. The lowest BCUT2D eigenvalue weighted by molar-refractivity contribution is 0.355. The summed E-state index contributed by atoms with van der Waals surface area (Å²) in [7, 11) is 3.30. The van der Waals surface area contributed by atoms with Crippen LogP contribution in [0.2, 0.25) is 0 Å². The molecule has 0 radical (unpaired) electrons. The van der Waals surface area contributed by atoms with Crippen LogP contribution in [0.15, 0.2) is 28.7 Å². The molecular formula is C21H25N5O2S2. The van der Waals surface area contributed by atoms with Gasteiger partial charge in [0.1, 0.15) is 5.01 Å². The summed E-state index contributed by atoms with van der Waals surface area (Å²) in [6.45, 7) is 2.19. The number of hydrogen-bond donors (Lipinski definition) is 0. The van der Waals surface area contributed by atoms with E-state index >= 15 is 0 Å². The topological polar surface area (TPSA) is 65.3 Å². The number of thiazole rings is 1. The van der Waals surface area contributed by atoms with Gasteiger partial charge in [0.15, 0.2) is 16.7 Å². The van der Waals surface area contributed by atoms with E-state index in [2.05, 4.69) is 25.0 Å². The van der Waals surface area contributed by atoms with Crippen LogP contribution in [0, 0.1) is 0 Å². The molecule has 1 saturated heterocycles. The molecule has 3 heterocycles. The lowest BCUT2D eigenvalue weighted by Gasteiger charge is -2.17. The Hall–Kier alpha value is -2.26. The van der Waals surface area contributed by atoms with Gasteiger partial charge in [-0.05, 0) is 43.9 Å². The van der Waals surface area contributed by atoms with E-state index in [4.69, 9.17) is 14.5 Å². The molecule has 1 saturated carbocycles. The molecule has 0 atom stereocenters. The SMILES string of the molecule is COc1ccc(-c2nc(CSc3nnc(N4CCCC4)n3C3CC3)cs2)cc1OC. The fourth-order valence-corrected chi connectivity index (χ4v) is 5.58. The van der Waals surface area contributed by atoms with Gasteiger partial charge in [0.05, 0.1) is 19.9 Å². The van der Waals surface area contributed by atoms with Gasteiger partial charge in [-0.1, -0.05) is 11.8 Å². The zero-order valence-electron chi connectivity index (χ0n) is 17.2. The van der Waals surface area contributed by atoms with E-state index in [-0.39, 0.29) is 0 Å². The first-order valence-electron chi connectivity index (χ1n) is 10.3. The standard InChI is InChI=1S/C21H25N5O2S2/c1-27-17-8-5-14(11-18(17)28-2)19-22-15(12-29-19)13-30-21-24-23-20(25-9-3-4-10-25)26(21)16-6-7-16/h5,8,11-12,16H,3-4,6-7,9-10,13H2,1-2H3. The smallest absolute Gasteiger partial charge is 0.228 e. The summed E-state index contributed by atoms with van der Waals surface area (Å²) in [6, 6.07) is 6.47. The molecule has 2 aromatic heterocycles. The third kappa shape index (κ3) is 3.88. The van der Waals surface area contributed by atoms with Crippen molar-refractivity contribution in [3.63, 3.8) is 0 Å². The molecule has 7 nitrogen and oxygen atoms in total. The Morgan fingerprint density at radius 2 is 1.90 bits per heavy atom. The molecule has 0 N–H and O–H groups in total. The van der Waals surface area contributed by atoms with Crippen LogP contribution in [-0.2, 0) is 5.75 Å². The number of hydrogen-bond acceptors (Lipinski definition) is 8. The maximum absolute atomic E-state index is 5.42. The van der Waals surface area contributed by atoms with Gasteiger partial charge < -0.3 is 14.4 Å². The highest BCUT2D eigenvalue weighted by molar-refractivity contribution is 7.98. The highest BCUT2D eigenvalue weighted by atomic mass is 32.2. The molecule has 3 aromatic rings. The van der Waals surface area contributed by atoms with Gasteiger partial charge in [-0.2, -0.15) is 0 Å². The molecule has 2 fully saturated rings. The Bertz CT molecular complexity index is 1020. The van der Waals surface area contributed by atoms with Crippen molar-refractivity contribution in [2.75, 3.05) is 32.2 Å². The monoisotopic (exact) mass is 443 g/mol. The van der Waals surface area contributed by atoms with Crippen LogP contribution in [0.5, 0.6) is 11.5 Å². The van der Waals surface area contributed by atoms with Crippen LogP contribution in [0.4, 0.5) is 5.95 Å². The van der Waals surface area contributed by atoms with Gasteiger partial charge in [0, 0.05) is 35.8 Å². The van der Waals surface area contributed by atoms with Crippen LogP contribution >= 0.6 is 23.1 Å². The molecule has 2 aliphatic rings. The summed E-state index contributed by atoms with van der Waals surface area (Å²) in [4.78, 5) is 7.22. The molecule has 0 unspecified atom stereocenters. The van der Waals surface area contributed by atoms with Crippen LogP contribution < -0.4 is 14.4 Å². The maximum atomic E-state index is 5.42. The van der Waals surface area contributed by atoms with Crippen molar-refractivity contribution in [3.8, 4) is 22.1 Å². The minimum atomic E-state index is 0.566. The second kappa shape index (κ2) is 8.47. The number of anilines is 1. The van der Waals surface area contributed by atoms with Crippen molar-refractivity contribution in [3.05, 3.63) is 29.3 Å². The average molecular weight is 444 g/mol. The molecular weight excluding hydrogens is 418 g/mol. The Morgan fingerprint density at radius 1 is 1.10 bits per heavy atom. The Morgan fingerprint density at radius 3 is 2.63 bits per heavy atom. The zero-order chi connectivity index (χ0) is 20.5. The Labute approximate surface area is 184 Å². The van der Waals surface area contributed by atoms with Gasteiger partial charge >= 0.3 is 0 Å². The molecule has 0 bridgehead atoms. The largest absolute Gasteiger partial charge is 0.493 e. The average Bonchev–Trinajstić information content (AvgIpc) is 3.18. The molecule has 1 aromatic carbocycles. The van der Waals surface area contributed by atoms with E-state index in [1.807, 2.05) is 18.2 Å². The van der Waals surface area contributed by atoms with E-state index < -0.39 is 0 Å². The van der Waals surface area contributed by atoms with E-state index in [0.717, 1.165) is 52.0 Å². The summed E-state index contributed by atoms with van der Waals surface area (Å²) >= 11 is 3.38. The normalized spacial score (nSPS) is 16.3. The second-order valence-electron chi connectivity index (χ2n) is 7.58. The van der Waals surface area contributed by atoms with E-state index in [1.54, 1.807) is 37.3 Å². The van der Waals surface area contributed by atoms with Crippen LogP contribution in [-0.4, -0.2) is 47.1 Å². The fourth-order valence-electron chi connectivity index (χ4n) is 3.77. The zero-order valence-corrected chi connectivity index (χ0v) is 18.8. The van der Waals surface area contributed by atoms with Crippen LogP contribution in [0.1, 0.15) is 37.4 Å². The summed E-state index contributed by atoms with van der Waals surface area (Å²) in [6.07, 6.45) is 4.95. The van der Waals surface area contributed by atoms with Gasteiger partial charge in [0.25, 0.3) is 0 Å². The summed E-state index contributed by atoms with van der Waals surface area (Å²) in [5.74, 6) is 3.28. The van der Waals surface area contributed by atoms with Crippen molar-refractivity contribution in [1.82, 2.24) is 19.7 Å². The van der Waals surface area contributed by atoms with Crippen LogP contribution in [0.3, 0.4) is 0 Å². The van der Waals surface area contributed by atoms with E-state index in [9.17, 15) is 0 Å². The van der Waals surface area contributed by atoms with E-state index in [0.29, 0.717) is 11.8 Å². The highest BCUT2D eigenvalue weighted by Crippen LogP contribution is 2.42. The molecule has 0 amide bonds. The van der Waals surface area contributed by atoms with Gasteiger partial charge in [-0.15, -0.1) is 21.5 Å². The predicted molar refractivity (Wildman–Crippen MR) is 120 cm³/mol. The van der Waals surface area contributed by atoms with Gasteiger partial charge in [0.2, 0.25) is 5.95 Å². The third-order valence-electron chi connectivity index (χ3n) is 5.48. The lowest BCUT2D eigenvalue weighted by Crippen LogP contribution is -2.22. The molecule has 158 valence electrons. The number of thioether (sulfide) groups is 1. The number of rotatable bonds is 8. The fraction of sp³-hybridized carbons (Fsp3) is 0.476. The number of ether oxygens (including phenoxy) is 2. The maximum Gasteiger partial charge on any atom is 0.228 e.